The Hall–Kier alpha value is -1.15. The van der Waals surface area contributed by atoms with Gasteiger partial charge < -0.3 is 5.11 Å². The topological polar surface area (TPSA) is 20.2 Å². The summed E-state index contributed by atoms with van der Waals surface area (Å²) in [6, 6.07) is 9.38. The first-order valence-electron chi connectivity index (χ1n) is 7.75. The van der Waals surface area contributed by atoms with E-state index < -0.39 is 12.0 Å². The largest absolute Gasteiger partial charge is 0.388 e. The van der Waals surface area contributed by atoms with E-state index in [-0.39, 0.29) is 5.83 Å². The van der Waals surface area contributed by atoms with Crippen LogP contribution in [-0.4, -0.2) is 5.11 Å². The third-order valence-electron chi connectivity index (χ3n) is 3.77. The molecule has 1 N–H and O–H groups in total. The van der Waals surface area contributed by atoms with E-state index in [9.17, 15) is 9.50 Å². The van der Waals surface area contributed by atoms with Gasteiger partial charge in [-0.1, -0.05) is 75.4 Å². The van der Waals surface area contributed by atoms with Crippen molar-refractivity contribution in [2.45, 2.75) is 58.5 Å². The van der Waals surface area contributed by atoms with E-state index in [4.69, 9.17) is 0 Å². The van der Waals surface area contributed by atoms with E-state index in [1.165, 1.54) is 25.3 Å². The first-order chi connectivity index (χ1) is 9.70. The van der Waals surface area contributed by atoms with E-state index >= 15 is 0 Å². The minimum Gasteiger partial charge on any atom is -0.388 e. The summed E-state index contributed by atoms with van der Waals surface area (Å²) >= 11 is 0. The van der Waals surface area contributed by atoms with Gasteiger partial charge in [-0.2, -0.15) is 0 Å². The van der Waals surface area contributed by atoms with Gasteiger partial charge in [-0.15, -0.1) is 0 Å². The minimum absolute atomic E-state index is 0.197. The second-order valence-corrected chi connectivity index (χ2v) is 5.34. The number of unbranched alkanes of at least 4 members (excludes halogenated alkanes) is 4. The van der Waals surface area contributed by atoms with Gasteiger partial charge in [-0.3, -0.25) is 0 Å². The maximum atomic E-state index is 14.0. The van der Waals surface area contributed by atoms with Gasteiger partial charge in [0, 0.05) is 5.92 Å². The molecule has 1 aromatic rings. The zero-order valence-electron chi connectivity index (χ0n) is 12.7. The SMILES string of the molecule is C/C=C(\F)[C@@H](CCCCCCC)[C@@H](O)c1ccccc1. The van der Waals surface area contributed by atoms with Gasteiger partial charge >= 0.3 is 0 Å². The Kier molecular flexibility index (Phi) is 8.20. The summed E-state index contributed by atoms with van der Waals surface area (Å²) in [5.74, 6) is -0.610. The lowest BCUT2D eigenvalue weighted by molar-refractivity contribution is 0.107. The molecule has 2 atom stereocenters. The molecule has 20 heavy (non-hydrogen) atoms. The number of aliphatic hydroxyl groups is 1. The number of hydrogen-bond donors (Lipinski definition) is 1. The van der Waals surface area contributed by atoms with Crippen LogP contribution in [0.1, 0.15) is 64.0 Å². The summed E-state index contributed by atoms with van der Waals surface area (Å²) in [4.78, 5) is 0. The predicted molar refractivity (Wildman–Crippen MR) is 83.1 cm³/mol. The molecule has 1 nitrogen and oxygen atoms in total. The highest BCUT2D eigenvalue weighted by Crippen LogP contribution is 2.33. The van der Waals surface area contributed by atoms with Crippen LogP contribution in [0, 0.1) is 5.92 Å². The first-order valence-corrected chi connectivity index (χ1v) is 7.75. The van der Waals surface area contributed by atoms with E-state index in [0.717, 1.165) is 18.4 Å². The van der Waals surface area contributed by atoms with Crippen LogP contribution < -0.4 is 0 Å². The zero-order valence-corrected chi connectivity index (χ0v) is 12.7. The fourth-order valence-electron chi connectivity index (χ4n) is 2.51. The van der Waals surface area contributed by atoms with Crippen LogP contribution in [0.15, 0.2) is 42.2 Å². The molecule has 0 aromatic heterocycles. The summed E-state index contributed by atoms with van der Waals surface area (Å²) in [6.07, 6.45) is 7.15. The Morgan fingerprint density at radius 1 is 1.15 bits per heavy atom. The van der Waals surface area contributed by atoms with Gasteiger partial charge in [-0.05, 0) is 18.9 Å². The van der Waals surface area contributed by atoms with Gasteiger partial charge in [0.15, 0.2) is 0 Å². The third kappa shape index (κ3) is 5.46. The molecule has 0 saturated heterocycles. The average Bonchev–Trinajstić information content (AvgIpc) is 2.50. The first kappa shape index (κ1) is 16.9. The highest BCUT2D eigenvalue weighted by atomic mass is 19.1. The maximum Gasteiger partial charge on any atom is 0.102 e. The molecule has 0 spiro atoms. The number of halogens is 1. The molecule has 0 bridgehead atoms. The van der Waals surface area contributed by atoms with Gasteiger partial charge in [0.25, 0.3) is 0 Å². The van der Waals surface area contributed by atoms with Gasteiger partial charge in [-0.25, -0.2) is 4.39 Å². The third-order valence-corrected chi connectivity index (χ3v) is 3.77. The normalized spacial score (nSPS) is 15.1. The molecule has 0 amide bonds. The Balaban J connectivity index is 2.60. The minimum atomic E-state index is -0.751. The monoisotopic (exact) mass is 278 g/mol. The van der Waals surface area contributed by atoms with Crippen molar-refractivity contribution in [3.63, 3.8) is 0 Å². The number of rotatable bonds is 9. The molecular formula is C18H27FO. The molecule has 0 radical (unpaired) electrons. The standard InChI is InChI=1S/C18H27FO/c1-3-5-6-7-11-14-16(17(19)4-2)18(20)15-12-9-8-10-13-15/h4,8-10,12-13,16,18,20H,3,5-7,11,14H2,1-2H3/b17-4-/t16-,18+/m1/s1. The molecule has 0 unspecified atom stereocenters. The molecule has 1 aromatic carbocycles. The summed E-state index contributed by atoms with van der Waals surface area (Å²) in [5, 5.41) is 10.4. The molecule has 0 aliphatic rings. The fourth-order valence-corrected chi connectivity index (χ4v) is 2.51. The van der Waals surface area contributed by atoms with E-state index in [1.807, 2.05) is 30.3 Å². The van der Waals surface area contributed by atoms with Crippen molar-refractivity contribution < 1.29 is 9.50 Å². The summed E-state index contributed by atoms with van der Waals surface area (Å²) < 4.78 is 14.0. The predicted octanol–water partition coefficient (Wildman–Crippen LogP) is 5.57. The molecule has 0 saturated carbocycles. The molecule has 0 fully saturated rings. The molecule has 112 valence electrons. The Morgan fingerprint density at radius 2 is 1.80 bits per heavy atom. The Bertz CT molecular complexity index is 386. The summed E-state index contributed by atoms with van der Waals surface area (Å²) in [6.45, 7) is 3.87. The van der Waals surface area contributed by atoms with Crippen molar-refractivity contribution in [2.75, 3.05) is 0 Å². The van der Waals surface area contributed by atoms with Crippen LogP contribution >= 0.6 is 0 Å². The Morgan fingerprint density at radius 3 is 2.40 bits per heavy atom. The van der Waals surface area contributed by atoms with Crippen molar-refractivity contribution in [3.05, 3.63) is 47.8 Å². The van der Waals surface area contributed by atoms with Crippen molar-refractivity contribution in [2.24, 2.45) is 5.92 Å². The van der Waals surface area contributed by atoms with Crippen molar-refractivity contribution in [1.29, 1.82) is 0 Å². The van der Waals surface area contributed by atoms with E-state index in [0.29, 0.717) is 6.42 Å². The highest BCUT2D eigenvalue weighted by Gasteiger charge is 2.24. The van der Waals surface area contributed by atoms with Crippen molar-refractivity contribution in [1.82, 2.24) is 0 Å². The lowest BCUT2D eigenvalue weighted by atomic mass is 9.89. The van der Waals surface area contributed by atoms with Crippen molar-refractivity contribution in [3.8, 4) is 0 Å². The fraction of sp³-hybridized carbons (Fsp3) is 0.556. The number of allylic oxidation sites excluding steroid dienone is 1. The summed E-state index contributed by atoms with van der Waals surface area (Å²) in [7, 11) is 0. The van der Waals surface area contributed by atoms with Crippen LogP contribution in [0.4, 0.5) is 4.39 Å². The lowest BCUT2D eigenvalue weighted by Gasteiger charge is -2.22. The van der Waals surface area contributed by atoms with Crippen LogP contribution in [0.25, 0.3) is 0 Å². The van der Waals surface area contributed by atoms with Gasteiger partial charge in [0.05, 0.1) is 6.10 Å². The summed E-state index contributed by atoms with van der Waals surface area (Å²) in [5.41, 5.74) is 0.794. The quantitative estimate of drug-likeness (QED) is 0.585. The maximum absolute atomic E-state index is 14.0. The molecule has 1 rings (SSSR count). The highest BCUT2D eigenvalue weighted by molar-refractivity contribution is 5.20. The van der Waals surface area contributed by atoms with Crippen LogP contribution in [0.3, 0.4) is 0 Å². The second-order valence-electron chi connectivity index (χ2n) is 5.34. The molecule has 0 aliphatic heterocycles. The van der Waals surface area contributed by atoms with Gasteiger partial charge in [0.2, 0.25) is 0 Å². The number of aliphatic hydroxyl groups excluding tert-OH is 1. The molecule has 0 aliphatic carbocycles. The Labute approximate surface area is 122 Å². The smallest absolute Gasteiger partial charge is 0.102 e. The molecular weight excluding hydrogens is 251 g/mol. The van der Waals surface area contributed by atoms with E-state index in [1.54, 1.807) is 6.92 Å². The van der Waals surface area contributed by atoms with Crippen LogP contribution in [-0.2, 0) is 0 Å². The lowest BCUT2D eigenvalue weighted by Crippen LogP contribution is -2.13. The molecule has 0 heterocycles. The van der Waals surface area contributed by atoms with E-state index in [2.05, 4.69) is 6.92 Å². The average molecular weight is 278 g/mol. The second kappa shape index (κ2) is 9.71. The molecule has 2 heteroatoms. The van der Waals surface area contributed by atoms with Crippen molar-refractivity contribution >= 4 is 0 Å². The zero-order chi connectivity index (χ0) is 14.8. The van der Waals surface area contributed by atoms with Gasteiger partial charge in [0.1, 0.15) is 5.83 Å². The number of hydrogen-bond acceptors (Lipinski definition) is 1. The van der Waals surface area contributed by atoms with Crippen LogP contribution in [0.2, 0.25) is 0 Å². The number of benzene rings is 1. The van der Waals surface area contributed by atoms with Crippen LogP contribution in [0.5, 0.6) is 0 Å².